The van der Waals surface area contributed by atoms with Gasteiger partial charge in [-0.3, -0.25) is 4.68 Å². The summed E-state index contributed by atoms with van der Waals surface area (Å²) in [6.07, 6.45) is 4.07. The lowest BCUT2D eigenvalue weighted by molar-refractivity contribution is 0.418. The fourth-order valence-corrected chi connectivity index (χ4v) is 1.26. The summed E-state index contributed by atoms with van der Waals surface area (Å²) in [5.74, 6) is 0.697. The summed E-state index contributed by atoms with van der Waals surface area (Å²) >= 11 is 0. The minimum absolute atomic E-state index is 0.488. The molecule has 0 radical (unpaired) electrons. The summed E-state index contributed by atoms with van der Waals surface area (Å²) < 4.78 is 1.67. The molecule has 1 aliphatic carbocycles. The van der Waals surface area contributed by atoms with Gasteiger partial charge in [-0.2, -0.15) is 5.10 Å². The minimum atomic E-state index is -1.40. The van der Waals surface area contributed by atoms with Crippen molar-refractivity contribution in [3.05, 3.63) is 12.3 Å². The highest BCUT2D eigenvalue weighted by Gasteiger charge is 2.25. The molecule has 0 bridgehead atoms. The van der Waals surface area contributed by atoms with E-state index >= 15 is 0 Å². The molecule has 64 valence electrons. The molecular weight excluding hydrogens is 155 g/mol. The van der Waals surface area contributed by atoms with Crippen LogP contribution in [0.15, 0.2) is 12.3 Å². The second-order valence-corrected chi connectivity index (χ2v) is 3.26. The molecule has 0 saturated heterocycles. The van der Waals surface area contributed by atoms with Crippen molar-refractivity contribution in [2.75, 3.05) is 0 Å². The molecule has 1 heterocycles. The summed E-state index contributed by atoms with van der Waals surface area (Å²) in [6.45, 7) is 0.819. The zero-order valence-corrected chi connectivity index (χ0v) is 6.72. The monoisotopic (exact) mass is 166 g/mol. The van der Waals surface area contributed by atoms with E-state index in [1.165, 1.54) is 12.8 Å². The van der Waals surface area contributed by atoms with Gasteiger partial charge < -0.3 is 10.0 Å². The quantitative estimate of drug-likeness (QED) is 0.564. The molecule has 2 rings (SSSR count). The van der Waals surface area contributed by atoms with Crippen LogP contribution in [0.4, 0.5) is 0 Å². The van der Waals surface area contributed by atoms with Gasteiger partial charge in [-0.15, -0.1) is 0 Å². The van der Waals surface area contributed by atoms with Crippen molar-refractivity contribution >= 4 is 12.7 Å². The molecule has 1 saturated carbocycles. The molecule has 1 fully saturated rings. The topological polar surface area (TPSA) is 58.3 Å². The zero-order valence-electron chi connectivity index (χ0n) is 6.72. The molecule has 1 aromatic rings. The van der Waals surface area contributed by atoms with E-state index < -0.39 is 7.12 Å². The largest absolute Gasteiger partial charge is 0.507 e. The van der Waals surface area contributed by atoms with Crippen molar-refractivity contribution < 1.29 is 10.0 Å². The van der Waals surface area contributed by atoms with Crippen LogP contribution >= 0.6 is 0 Å². The highest BCUT2D eigenvalue weighted by atomic mass is 16.4. The van der Waals surface area contributed by atoms with E-state index in [1.807, 2.05) is 0 Å². The lowest BCUT2D eigenvalue weighted by Crippen LogP contribution is -2.37. The number of rotatable bonds is 3. The van der Waals surface area contributed by atoms with Crippen molar-refractivity contribution in [2.45, 2.75) is 19.4 Å². The van der Waals surface area contributed by atoms with Crippen LogP contribution < -0.4 is 5.59 Å². The van der Waals surface area contributed by atoms with Crippen molar-refractivity contribution in [3.63, 3.8) is 0 Å². The third-order valence-corrected chi connectivity index (χ3v) is 2.14. The number of aromatic nitrogens is 2. The molecule has 0 spiro atoms. The van der Waals surface area contributed by atoms with Gasteiger partial charge in [0.2, 0.25) is 0 Å². The molecule has 1 aromatic heterocycles. The Kier molecular flexibility index (Phi) is 1.90. The predicted molar refractivity (Wildman–Crippen MR) is 44.8 cm³/mol. The highest BCUT2D eigenvalue weighted by Crippen LogP contribution is 2.29. The Morgan fingerprint density at radius 3 is 2.92 bits per heavy atom. The van der Waals surface area contributed by atoms with E-state index in [-0.39, 0.29) is 0 Å². The molecule has 0 atom stereocenters. The third-order valence-electron chi connectivity index (χ3n) is 2.14. The van der Waals surface area contributed by atoms with E-state index in [4.69, 9.17) is 10.0 Å². The first-order valence-corrected chi connectivity index (χ1v) is 4.15. The molecule has 2 N–H and O–H groups in total. The first kappa shape index (κ1) is 7.82. The summed E-state index contributed by atoms with van der Waals surface area (Å²) in [6, 6.07) is 1.63. The van der Waals surface area contributed by atoms with Gasteiger partial charge in [0.1, 0.15) is 0 Å². The Balaban J connectivity index is 2.11. The normalized spacial score (nSPS) is 16.5. The van der Waals surface area contributed by atoms with Crippen LogP contribution in [-0.4, -0.2) is 26.9 Å². The van der Waals surface area contributed by atoms with Gasteiger partial charge in [-0.25, -0.2) is 0 Å². The molecule has 4 nitrogen and oxygen atoms in total. The van der Waals surface area contributed by atoms with Crippen LogP contribution in [0.1, 0.15) is 12.8 Å². The first-order chi connectivity index (χ1) is 5.77. The lowest BCUT2D eigenvalue weighted by Gasteiger charge is -2.04. The van der Waals surface area contributed by atoms with Crippen molar-refractivity contribution in [3.8, 4) is 0 Å². The maximum Gasteiger partial charge on any atom is 0.507 e. The maximum absolute atomic E-state index is 8.92. The first-order valence-electron chi connectivity index (χ1n) is 4.15. The van der Waals surface area contributed by atoms with E-state index in [2.05, 4.69) is 5.10 Å². The van der Waals surface area contributed by atoms with Crippen LogP contribution in [0.5, 0.6) is 0 Å². The second kappa shape index (κ2) is 2.92. The van der Waals surface area contributed by atoms with E-state index in [9.17, 15) is 0 Å². The molecule has 0 unspecified atom stereocenters. The van der Waals surface area contributed by atoms with Gasteiger partial charge in [-0.1, -0.05) is 0 Å². The Morgan fingerprint density at radius 1 is 1.58 bits per heavy atom. The zero-order chi connectivity index (χ0) is 8.55. The van der Waals surface area contributed by atoms with Gasteiger partial charge in [0, 0.05) is 12.7 Å². The number of hydrogen-bond acceptors (Lipinski definition) is 3. The highest BCUT2D eigenvalue weighted by molar-refractivity contribution is 6.57. The average Bonchev–Trinajstić information content (AvgIpc) is 2.66. The summed E-state index contributed by atoms with van der Waals surface area (Å²) in [5, 5.41) is 21.9. The van der Waals surface area contributed by atoms with Gasteiger partial charge in [0.05, 0.1) is 5.59 Å². The summed E-state index contributed by atoms with van der Waals surface area (Å²) in [4.78, 5) is 0. The third kappa shape index (κ3) is 1.51. The van der Waals surface area contributed by atoms with Crippen LogP contribution in [0, 0.1) is 5.92 Å². The Hall–Kier alpha value is -0.805. The van der Waals surface area contributed by atoms with Crippen LogP contribution in [-0.2, 0) is 6.54 Å². The summed E-state index contributed by atoms with van der Waals surface area (Å²) in [5.41, 5.74) is 0.488. The van der Waals surface area contributed by atoms with E-state index in [0.717, 1.165) is 6.54 Å². The van der Waals surface area contributed by atoms with Crippen molar-refractivity contribution in [1.29, 1.82) is 0 Å². The molecule has 0 aliphatic heterocycles. The van der Waals surface area contributed by atoms with Crippen molar-refractivity contribution in [1.82, 2.24) is 9.78 Å². The van der Waals surface area contributed by atoms with Crippen LogP contribution in [0.25, 0.3) is 0 Å². The van der Waals surface area contributed by atoms with E-state index in [0.29, 0.717) is 11.5 Å². The second-order valence-electron chi connectivity index (χ2n) is 3.26. The Bertz CT molecular complexity index is 270. The molecule has 0 amide bonds. The SMILES string of the molecule is OB(O)c1ccnn1CC1CC1. The van der Waals surface area contributed by atoms with Crippen molar-refractivity contribution in [2.24, 2.45) is 5.92 Å². The predicted octanol–water partition coefficient (Wildman–Crippen LogP) is -1.03. The Morgan fingerprint density at radius 2 is 2.33 bits per heavy atom. The fourth-order valence-electron chi connectivity index (χ4n) is 1.26. The van der Waals surface area contributed by atoms with E-state index in [1.54, 1.807) is 16.9 Å². The van der Waals surface area contributed by atoms with Gasteiger partial charge in [0.15, 0.2) is 0 Å². The smallest absolute Gasteiger partial charge is 0.422 e. The van der Waals surface area contributed by atoms with Crippen LogP contribution in [0.2, 0.25) is 0 Å². The summed E-state index contributed by atoms with van der Waals surface area (Å²) in [7, 11) is -1.40. The fraction of sp³-hybridized carbons (Fsp3) is 0.571. The van der Waals surface area contributed by atoms with Gasteiger partial charge in [-0.05, 0) is 24.8 Å². The van der Waals surface area contributed by atoms with Gasteiger partial charge >= 0.3 is 7.12 Å². The molecule has 12 heavy (non-hydrogen) atoms. The maximum atomic E-state index is 8.92. The molecular formula is C7H11BN2O2. The standard InChI is InChI=1S/C7H11BN2O2/c11-8(12)7-3-4-9-10(7)5-6-1-2-6/h3-4,6,11-12H,1-2,5H2. The lowest BCUT2D eigenvalue weighted by atomic mass is 9.86. The Labute approximate surface area is 71.0 Å². The minimum Gasteiger partial charge on any atom is -0.422 e. The van der Waals surface area contributed by atoms with Gasteiger partial charge in [0.25, 0.3) is 0 Å². The number of hydrogen-bond donors (Lipinski definition) is 2. The molecule has 0 aromatic carbocycles. The average molecular weight is 166 g/mol. The van der Waals surface area contributed by atoms with Crippen LogP contribution in [0.3, 0.4) is 0 Å². The number of nitrogens with zero attached hydrogens (tertiary/aromatic N) is 2. The molecule has 1 aliphatic rings. The molecule has 5 heteroatoms.